The van der Waals surface area contributed by atoms with Crippen LogP contribution in [0.25, 0.3) is 32.9 Å². The third kappa shape index (κ3) is 6.16. The number of azide groups is 1. The van der Waals surface area contributed by atoms with Crippen molar-refractivity contribution in [3.8, 4) is 11.4 Å². The first-order valence-corrected chi connectivity index (χ1v) is 14.9. The Morgan fingerprint density at radius 1 is 0.804 bits per heavy atom. The minimum atomic E-state index is -0.846. The fraction of sp³-hybridized carbons (Fsp3) is 0.188. The molecular weight excluding hydrogens is 639 g/mol. The van der Waals surface area contributed by atoms with Crippen LogP contribution in [0.3, 0.4) is 0 Å². The lowest BCUT2D eigenvalue weighted by molar-refractivity contribution is 0.165. The van der Waals surface area contributed by atoms with Crippen LogP contribution in [0.15, 0.2) is 100 Å². The highest BCUT2D eigenvalue weighted by molar-refractivity contribution is 6.34. The van der Waals surface area contributed by atoms with E-state index in [1.807, 2.05) is 6.92 Å². The summed E-state index contributed by atoms with van der Waals surface area (Å²) in [5.41, 5.74) is 10.1. The van der Waals surface area contributed by atoms with Crippen molar-refractivity contribution in [3.63, 3.8) is 0 Å². The Labute approximate surface area is 270 Å². The zero-order valence-electron chi connectivity index (χ0n) is 24.6. The summed E-state index contributed by atoms with van der Waals surface area (Å²) in [6.07, 6.45) is 6.69. The fourth-order valence-electron chi connectivity index (χ4n) is 5.19. The van der Waals surface area contributed by atoms with E-state index in [9.17, 15) is 23.5 Å². The van der Waals surface area contributed by atoms with E-state index in [1.165, 1.54) is 45.5 Å². The number of rotatable bonds is 7. The van der Waals surface area contributed by atoms with E-state index in [0.29, 0.717) is 45.6 Å². The molecule has 0 aliphatic rings. The topological polar surface area (TPSA) is 122 Å². The van der Waals surface area contributed by atoms with E-state index in [-0.39, 0.29) is 11.0 Å². The van der Waals surface area contributed by atoms with Gasteiger partial charge in [0.1, 0.15) is 22.7 Å². The number of aliphatic hydroxyl groups excluding tert-OH is 1. The summed E-state index contributed by atoms with van der Waals surface area (Å²) in [4.78, 5) is 28.6. The summed E-state index contributed by atoms with van der Waals surface area (Å²) in [5, 5.41) is 14.6. The van der Waals surface area contributed by atoms with E-state index >= 15 is 0 Å². The quantitative estimate of drug-likeness (QED) is 0.106. The molecule has 6 aromatic rings. The van der Waals surface area contributed by atoms with Gasteiger partial charge in [-0.1, -0.05) is 54.3 Å². The molecule has 0 saturated carbocycles. The first-order chi connectivity index (χ1) is 22.1. The molecule has 0 radical (unpaired) electrons. The molecule has 236 valence electrons. The Balaban J connectivity index is 0.000000182. The summed E-state index contributed by atoms with van der Waals surface area (Å²) < 4.78 is 33.0. The molecule has 14 heteroatoms. The van der Waals surface area contributed by atoms with Gasteiger partial charge in [0, 0.05) is 29.7 Å². The Bertz CT molecular complexity index is 2240. The van der Waals surface area contributed by atoms with Gasteiger partial charge in [-0.15, -0.1) is 0 Å². The molecule has 0 aliphatic heterocycles. The largest absolute Gasteiger partial charge is 0.387 e. The molecule has 0 bridgehead atoms. The standard InChI is InChI=1S/C16H13ClFN5O.C16H14ClFN2O2/c1-2-13(20-21-19)14-9-22-7-6-12(17)15(22)16(24)23(14)11-5-3-4-10(18)8-11;1-2-14(21)13-9-19-7-6-12(17)15(19)16(22)20(13)11-5-3-4-10(18)8-11/h3-9,13H,2H2,1H3;3-9,14,21H,2H2,1H3. The Morgan fingerprint density at radius 2 is 1.28 bits per heavy atom. The number of fused-ring (bicyclic) bond motifs is 2. The number of hydrogen-bond acceptors (Lipinski definition) is 4. The van der Waals surface area contributed by atoms with E-state index in [1.54, 1.807) is 64.8 Å². The van der Waals surface area contributed by atoms with Crippen molar-refractivity contribution in [2.45, 2.75) is 38.8 Å². The third-order valence-electron chi connectivity index (χ3n) is 7.38. The summed E-state index contributed by atoms with van der Waals surface area (Å²) >= 11 is 12.2. The van der Waals surface area contributed by atoms with Crippen LogP contribution in [-0.2, 0) is 0 Å². The summed E-state index contributed by atoms with van der Waals surface area (Å²) in [6, 6.07) is 14.0. The van der Waals surface area contributed by atoms with E-state index in [0.717, 1.165) is 0 Å². The molecule has 1 N–H and O–H groups in total. The molecule has 4 heterocycles. The van der Waals surface area contributed by atoms with E-state index in [4.69, 9.17) is 28.7 Å². The van der Waals surface area contributed by atoms with Crippen LogP contribution in [0.1, 0.15) is 50.2 Å². The second-order valence-electron chi connectivity index (χ2n) is 10.2. The number of hydrogen-bond donors (Lipinski definition) is 1. The smallest absolute Gasteiger partial charge is 0.281 e. The van der Waals surface area contributed by atoms with Crippen LogP contribution in [0.5, 0.6) is 0 Å². The number of aliphatic hydroxyl groups is 1. The Morgan fingerprint density at radius 3 is 1.72 bits per heavy atom. The molecule has 0 amide bonds. The van der Waals surface area contributed by atoms with E-state index < -0.39 is 34.9 Å². The molecular formula is C32H27Cl2F2N7O3. The molecule has 10 nitrogen and oxygen atoms in total. The van der Waals surface area contributed by atoms with Gasteiger partial charge < -0.3 is 13.9 Å². The molecule has 4 aromatic heterocycles. The summed E-state index contributed by atoms with van der Waals surface area (Å²) in [6.45, 7) is 3.64. The van der Waals surface area contributed by atoms with Gasteiger partial charge in [0.15, 0.2) is 0 Å². The fourth-order valence-corrected chi connectivity index (χ4v) is 5.66. The average molecular weight is 667 g/mol. The van der Waals surface area contributed by atoms with Crippen molar-refractivity contribution < 1.29 is 13.9 Å². The summed E-state index contributed by atoms with van der Waals surface area (Å²) in [5.74, 6) is -0.925. The molecule has 2 atom stereocenters. The van der Waals surface area contributed by atoms with Gasteiger partial charge in [0.25, 0.3) is 11.1 Å². The SMILES string of the molecule is CCC(N=[N+]=[N-])c1cn2ccc(Cl)c2c(=O)n1-c1cccc(F)c1.CCC(O)c1cn2ccc(Cl)c2c(=O)n1-c1cccc(F)c1. The second-order valence-corrected chi connectivity index (χ2v) is 11.1. The lowest BCUT2D eigenvalue weighted by Crippen LogP contribution is -2.25. The number of halogens is 4. The van der Waals surface area contributed by atoms with Gasteiger partial charge in [-0.05, 0) is 66.9 Å². The molecule has 0 saturated heterocycles. The monoisotopic (exact) mass is 665 g/mol. The van der Waals surface area contributed by atoms with Gasteiger partial charge in [0.2, 0.25) is 0 Å². The predicted octanol–water partition coefficient (Wildman–Crippen LogP) is 7.97. The van der Waals surface area contributed by atoms with Crippen LogP contribution >= 0.6 is 23.2 Å². The molecule has 0 aliphatic carbocycles. The molecule has 0 fully saturated rings. The first kappa shape index (κ1) is 32.5. The maximum Gasteiger partial charge on any atom is 0.281 e. The van der Waals surface area contributed by atoms with Crippen LogP contribution < -0.4 is 11.1 Å². The van der Waals surface area contributed by atoms with Crippen molar-refractivity contribution in [1.29, 1.82) is 0 Å². The number of benzene rings is 2. The second kappa shape index (κ2) is 13.6. The number of aromatic nitrogens is 4. The zero-order chi connectivity index (χ0) is 33.1. The minimum absolute atomic E-state index is 0.278. The highest BCUT2D eigenvalue weighted by Crippen LogP contribution is 2.26. The lowest BCUT2D eigenvalue weighted by Gasteiger charge is -2.18. The molecule has 46 heavy (non-hydrogen) atoms. The Hall–Kier alpha value is -4.87. The van der Waals surface area contributed by atoms with Crippen LogP contribution in [0, 0.1) is 11.6 Å². The van der Waals surface area contributed by atoms with Crippen LogP contribution in [0.2, 0.25) is 10.0 Å². The normalized spacial score (nSPS) is 12.4. The zero-order valence-corrected chi connectivity index (χ0v) is 26.1. The van der Waals surface area contributed by atoms with Crippen LogP contribution in [-0.4, -0.2) is 23.0 Å². The van der Waals surface area contributed by atoms with Crippen molar-refractivity contribution in [2.24, 2.45) is 5.11 Å². The maximum atomic E-state index is 13.7. The van der Waals surface area contributed by atoms with Crippen LogP contribution in [0.4, 0.5) is 8.78 Å². The average Bonchev–Trinajstić information content (AvgIpc) is 3.61. The van der Waals surface area contributed by atoms with Gasteiger partial charge in [-0.3, -0.25) is 18.7 Å². The summed E-state index contributed by atoms with van der Waals surface area (Å²) in [7, 11) is 0. The Kier molecular flexibility index (Phi) is 9.64. The van der Waals surface area contributed by atoms with Crippen molar-refractivity contribution in [1.82, 2.24) is 17.9 Å². The van der Waals surface area contributed by atoms with Gasteiger partial charge >= 0.3 is 0 Å². The molecule has 2 aromatic carbocycles. The van der Waals surface area contributed by atoms with Gasteiger partial charge in [-0.2, -0.15) is 0 Å². The molecule has 0 spiro atoms. The predicted molar refractivity (Wildman–Crippen MR) is 173 cm³/mol. The highest BCUT2D eigenvalue weighted by atomic mass is 35.5. The minimum Gasteiger partial charge on any atom is -0.387 e. The van der Waals surface area contributed by atoms with Crippen molar-refractivity contribution in [3.05, 3.63) is 150 Å². The highest BCUT2D eigenvalue weighted by Gasteiger charge is 2.20. The van der Waals surface area contributed by atoms with Gasteiger partial charge in [-0.25, -0.2) is 8.78 Å². The third-order valence-corrected chi connectivity index (χ3v) is 7.99. The number of nitrogens with zero attached hydrogens (tertiary/aromatic N) is 7. The van der Waals surface area contributed by atoms with Crippen molar-refractivity contribution >= 4 is 34.2 Å². The van der Waals surface area contributed by atoms with Gasteiger partial charge in [0.05, 0.1) is 45.0 Å². The molecule has 6 rings (SSSR count). The molecule has 2 unspecified atom stereocenters. The van der Waals surface area contributed by atoms with E-state index in [2.05, 4.69) is 10.0 Å². The first-order valence-electron chi connectivity index (χ1n) is 14.2. The maximum absolute atomic E-state index is 13.7. The lowest BCUT2D eigenvalue weighted by atomic mass is 10.1. The van der Waals surface area contributed by atoms with Crippen molar-refractivity contribution in [2.75, 3.05) is 0 Å².